The minimum Gasteiger partial charge on any atom is -0.314 e. The van der Waals surface area contributed by atoms with E-state index in [-0.39, 0.29) is 0 Å². The minimum atomic E-state index is 0.784. The van der Waals surface area contributed by atoms with Gasteiger partial charge in [0.1, 0.15) is 0 Å². The van der Waals surface area contributed by atoms with Crippen molar-refractivity contribution in [1.82, 2.24) is 10.2 Å². The molecule has 1 aliphatic heterocycles. The molecule has 20 heavy (non-hydrogen) atoms. The van der Waals surface area contributed by atoms with Gasteiger partial charge in [0.25, 0.3) is 0 Å². The molecule has 2 nitrogen and oxygen atoms in total. The molecule has 2 unspecified atom stereocenters. The van der Waals surface area contributed by atoms with Crippen molar-refractivity contribution in [3.8, 4) is 0 Å². The summed E-state index contributed by atoms with van der Waals surface area (Å²) in [6, 6.07) is 0.817. The van der Waals surface area contributed by atoms with Gasteiger partial charge in [-0.3, -0.25) is 0 Å². The summed E-state index contributed by atoms with van der Waals surface area (Å²) in [7, 11) is 0. The summed E-state index contributed by atoms with van der Waals surface area (Å²) in [5, 5.41) is 3.79. The Morgan fingerprint density at radius 1 is 1.00 bits per heavy atom. The quantitative estimate of drug-likeness (QED) is 0.822. The summed E-state index contributed by atoms with van der Waals surface area (Å²) >= 11 is 0. The number of nitrogens with zero attached hydrogens (tertiary/aromatic N) is 1. The molecule has 0 bridgehead atoms. The van der Waals surface area contributed by atoms with E-state index in [0.29, 0.717) is 0 Å². The largest absolute Gasteiger partial charge is 0.314 e. The second-order valence-electron chi connectivity index (χ2n) is 7.76. The van der Waals surface area contributed by atoms with Crippen LogP contribution in [-0.2, 0) is 0 Å². The van der Waals surface area contributed by atoms with Gasteiger partial charge >= 0.3 is 0 Å². The Bertz CT molecular complexity index is 286. The highest BCUT2D eigenvalue weighted by Gasteiger charge is 2.38. The first-order valence-corrected chi connectivity index (χ1v) is 9.27. The van der Waals surface area contributed by atoms with Crippen LogP contribution >= 0.6 is 0 Å². The first-order chi connectivity index (χ1) is 9.81. The van der Waals surface area contributed by atoms with Crippen molar-refractivity contribution in [2.24, 2.45) is 11.3 Å². The van der Waals surface area contributed by atoms with Crippen molar-refractivity contribution >= 4 is 0 Å². The summed E-state index contributed by atoms with van der Waals surface area (Å²) in [5.74, 6) is 0.930. The van der Waals surface area contributed by atoms with E-state index >= 15 is 0 Å². The Kier molecular flexibility index (Phi) is 5.04. The molecule has 0 amide bonds. The molecule has 1 saturated heterocycles. The lowest BCUT2D eigenvalue weighted by Gasteiger charge is -2.41. The zero-order valence-corrected chi connectivity index (χ0v) is 13.5. The average molecular weight is 278 g/mol. The van der Waals surface area contributed by atoms with Gasteiger partial charge in [-0.25, -0.2) is 0 Å². The molecule has 1 heterocycles. The Labute approximate surface area is 125 Å². The third-order valence-corrected chi connectivity index (χ3v) is 6.39. The van der Waals surface area contributed by atoms with Gasteiger partial charge in [0.15, 0.2) is 0 Å². The number of piperidine rings is 1. The molecule has 3 fully saturated rings. The maximum absolute atomic E-state index is 3.79. The van der Waals surface area contributed by atoms with Gasteiger partial charge in [-0.2, -0.15) is 0 Å². The van der Waals surface area contributed by atoms with Crippen LogP contribution in [0.5, 0.6) is 0 Å². The molecule has 3 rings (SSSR count). The van der Waals surface area contributed by atoms with Crippen molar-refractivity contribution in [2.75, 3.05) is 26.2 Å². The van der Waals surface area contributed by atoms with Crippen molar-refractivity contribution in [2.45, 2.75) is 77.2 Å². The Hall–Kier alpha value is -0.0800. The number of likely N-dealkylation sites (tertiary alicyclic amines) is 1. The SMILES string of the molecule is CCCNC1CCCC1CN1CCC2(CCCC2)CC1. The lowest BCUT2D eigenvalue weighted by atomic mass is 9.77. The van der Waals surface area contributed by atoms with Crippen LogP contribution in [0.15, 0.2) is 0 Å². The lowest BCUT2D eigenvalue weighted by molar-refractivity contribution is 0.0925. The van der Waals surface area contributed by atoms with Crippen LogP contribution in [0, 0.1) is 11.3 Å². The third kappa shape index (κ3) is 3.39. The van der Waals surface area contributed by atoms with E-state index in [0.717, 1.165) is 17.4 Å². The molecule has 2 atom stereocenters. The van der Waals surface area contributed by atoms with Crippen LogP contribution in [-0.4, -0.2) is 37.1 Å². The smallest absolute Gasteiger partial charge is 0.0107 e. The summed E-state index contributed by atoms with van der Waals surface area (Å²) in [6.07, 6.45) is 14.7. The zero-order chi connectivity index (χ0) is 13.8. The molecular formula is C18H34N2. The summed E-state index contributed by atoms with van der Waals surface area (Å²) in [5.41, 5.74) is 0.784. The first-order valence-electron chi connectivity index (χ1n) is 9.27. The molecule has 1 spiro atoms. The van der Waals surface area contributed by atoms with Crippen molar-refractivity contribution < 1.29 is 0 Å². The Morgan fingerprint density at radius 3 is 2.45 bits per heavy atom. The maximum atomic E-state index is 3.79. The zero-order valence-electron chi connectivity index (χ0n) is 13.5. The standard InChI is InChI=1S/C18H34N2/c1-2-12-19-17-7-5-6-16(17)15-20-13-10-18(11-14-20)8-3-4-9-18/h16-17,19H,2-15H2,1H3. The summed E-state index contributed by atoms with van der Waals surface area (Å²) in [6.45, 7) is 7.64. The van der Waals surface area contributed by atoms with Gasteiger partial charge in [-0.15, -0.1) is 0 Å². The number of nitrogens with one attached hydrogen (secondary N) is 1. The van der Waals surface area contributed by atoms with Crippen molar-refractivity contribution in [3.63, 3.8) is 0 Å². The topological polar surface area (TPSA) is 15.3 Å². The fourth-order valence-electron chi connectivity index (χ4n) is 5.02. The van der Waals surface area contributed by atoms with Crippen LogP contribution in [0.2, 0.25) is 0 Å². The molecule has 3 aliphatic rings. The lowest BCUT2D eigenvalue weighted by Crippen LogP contribution is -2.44. The molecule has 2 saturated carbocycles. The van der Waals surface area contributed by atoms with E-state index in [1.54, 1.807) is 0 Å². The number of rotatable bonds is 5. The molecule has 1 N–H and O–H groups in total. The molecule has 0 radical (unpaired) electrons. The van der Waals surface area contributed by atoms with Gasteiger partial charge in [0.2, 0.25) is 0 Å². The summed E-state index contributed by atoms with van der Waals surface area (Å²) < 4.78 is 0. The monoisotopic (exact) mass is 278 g/mol. The van der Waals surface area contributed by atoms with Gasteiger partial charge in [-0.05, 0) is 75.9 Å². The molecule has 0 aromatic rings. The predicted octanol–water partition coefficient (Wildman–Crippen LogP) is 3.81. The van der Waals surface area contributed by atoms with E-state index in [1.807, 2.05) is 0 Å². The highest BCUT2D eigenvalue weighted by Crippen LogP contribution is 2.46. The van der Waals surface area contributed by atoms with E-state index in [1.165, 1.54) is 90.4 Å². The molecule has 116 valence electrons. The molecule has 0 aromatic heterocycles. The second kappa shape index (κ2) is 6.79. The van der Waals surface area contributed by atoms with E-state index < -0.39 is 0 Å². The first kappa shape index (κ1) is 14.8. The Morgan fingerprint density at radius 2 is 1.75 bits per heavy atom. The van der Waals surface area contributed by atoms with E-state index in [9.17, 15) is 0 Å². The average Bonchev–Trinajstić information content (AvgIpc) is 3.09. The van der Waals surface area contributed by atoms with Gasteiger partial charge in [0.05, 0.1) is 0 Å². The summed E-state index contributed by atoms with van der Waals surface area (Å²) in [4.78, 5) is 2.79. The molecule has 2 heteroatoms. The maximum Gasteiger partial charge on any atom is 0.0107 e. The van der Waals surface area contributed by atoms with E-state index in [4.69, 9.17) is 0 Å². The predicted molar refractivity (Wildman–Crippen MR) is 86.0 cm³/mol. The van der Waals surface area contributed by atoms with E-state index in [2.05, 4.69) is 17.1 Å². The van der Waals surface area contributed by atoms with Gasteiger partial charge in [0, 0.05) is 12.6 Å². The molecular weight excluding hydrogens is 244 g/mol. The highest BCUT2D eigenvalue weighted by molar-refractivity contribution is 4.92. The van der Waals surface area contributed by atoms with Crippen LogP contribution < -0.4 is 5.32 Å². The number of hydrogen-bond acceptors (Lipinski definition) is 2. The third-order valence-electron chi connectivity index (χ3n) is 6.39. The second-order valence-corrected chi connectivity index (χ2v) is 7.76. The number of hydrogen-bond donors (Lipinski definition) is 1. The fraction of sp³-hybridized carbons (Fsp3) is 1.00. The normalized spacial score (nSPS) is 34.0. The fourth-order valence-corrected chi connectivity index (χ4v) is 5.02. The minimum absolute atomic E-state index is 0.784. The van der Waals surface area contributed by atoms with Crippen LogP contribution in [0.1, 0.15) is 71.1 Å². The molecule has 2 aliphatic carbocycles. The van der Waals surface area contributed by atoms with Crippen molar-refractivity contribution in [1.29, 1.82) is 0 Å². The van der Waals surface area contributed by atoms with Gasteiger partial charge < -0.3 is 10.2 Å². The van der Waals surface area contributed by atoms with Crippen LogP contribution in [0.4, 0.5) is 0 Å². The van der Waals surface area contributed by atoms with Crippen LogP contribution in [0.25, 0.3) is 0 Å². The van der Waals surface area contributed by atoms with Crippen molar-refractivity contribution in [3.05, 3.63) is 0 Å². The Balaban J connectivity index is 1.44. The van der Waals surface area contributed by atoms with Crippen LogP contribution in [0.3, 0.4) is 0 Å². The molecule has 0 aromatic carbocycles. The highest BCUT2D eigenvalue weighted by atomic mass is 15.1. The van der Waals surface area contributed by atoms with Gasteiger partial charge in [-0.1, -0.05) is 26.2 Å².